The fourth-order valence-corrected chi connectivity index (χ4v) is 3.20. The van der Waals surface area contributed by atoms with Gasteiger partial charge in [-0.2, -0.15) is 0 Å². The Morgan fingerprint density at radius 2 is 1.80 bits per heavy atom. The van der Waals surface area contributed by atoms with Crippen LogP contribution in [0.1, 0.15) is 21.5 Å². The molecular weight excluding hydrogens is 345 g/mol. The van der Waals surface area contributed by atoms with Gasteiger partial charge in [-0.05, 0) is 47.2 Å². The fourth-order valence-electron chi connectivity index (χ4n) is 2.37. The minimum absolute atomic E-state index is 0.0306. The van der Waals surface area contributed by atoms with Crippen LogP contribution in [-0.2, 0) is 11.3 Å². The van der Waals surface area contributed by atoms with E-state index in [0.29, 0.717) is 11.1 Å². The average Bonchev–Trinajstić information content (AvgIpc) is 2.84. The van der Waals surface area contributed by atoms with Gasteiger partial charge >= 0.3 is 5.97 Å². The highest BCUT2D eigenvalue weighted by atomic mass is 32.2. The van der Waals surface area contributed by atoms with Crippen LogP contribution in [0.15, 0.2) is 53.4 Å². The highest BCUT2D eigenvalue weighted by molar-refractivity contribution is 8.18. The maximum Gasteiger partial charge on any atom is 0.336 e. The second-order valence-electron chi connectivity index (χ2n) is 5.29. The molecule has 0 aliphatic carbocycles. The van der Waals surface area contributed by atoms with Gasteiger partial charge in [-0.1, -0.05) is 30.3 Å². The summed E-state index contributed by atoms with van der Waals surface area (Å²) in [5.74, 6) is -2.01. The highest BCUT2D eigenvalue weighted by Gasteiger charge is 2.35. The molecule has 1 fully saturated rings. The number of benzene rings is 2. The monoisotopic (exact) mass is 357 g/mol. The number of amides is 2. The van der Waals surface area contributed by atoms with Crippen molar-refractivity contribution < 1.29 is 23.9 Å². The van der Waals surface area contributed by atoms with Crippen molar-refractivity contribution in [3.8, 4) is 0 Å². The molecule has 1 aliphatic heterocycles. The van der Waals surface area contributed by atoms with Crippen LogP contribution < -0.4 is 0 Å². The van der Waals surface area contributed by atoms with Crippen molar-refractivity contribution in [1.82, 2.24) is 4.90 Å². The van der Waals surface area contributed by atoms with Crippen LogP contribution in [0.2, 0.25) is 0 Å². The molecule has 1 N–H and O–H groups in total. The summed E-state index contributed by atoms with van der Waals surface area (Å²) in [4.78, 5) is 37.0. The summed E-state index contributed by atoms with van der Waals surface area (Å²) < 4.78 is 13.0. The van der Waals surface area contributed by atoms with Gasteiger partial charge in [-0.15, -0.1) is 0 Å². The Morgan fingerprint density at radius 1 is 1.12 bits per heavy atom. The Labute approximate surface area is 146 Å². The number of aromatic carboxylic acids is 1. The standard InChI is InChI=1S/C18H12FNO4S/c19-13-7-5-11(6-8-13)10-20-16(21)15(25-18(20)24)9-12-3-1-2-4-14(12)17(22)23/h1-9H,10H2,(H,22,23)/b15-9-. The van der Waals surface area contributed by atoms with E-state index in [1.165, 1.54) is 36.4 Å². The summed E-state index contributed by atoms with van der Waals surface area (Å²) in [6.45, 7) is 0.0306. The van der Waals surface area contributed by atoms with Gasteiger partial charge < -0.3 is 5.11 Å². The van der Waals surface area contributed by atoms with Crippen molar-refractivity contribution in [1.29, 1.82) is 0 Å². The van der Waals surface area contributed by atoms with E-state index in [1.54, 1.807) is 18.2 Å². The zero-order chi connectivity index (χ0) is 18.0. The SMILES string of the molecule is O=C(O)c1ccccc1/C=C1\SC(=O)N(Cc2ccc(F)cc2)C1=O. The van der Waals surface area contributed by atoms with Crippen molar-refractivity contribution >= 4 is 35.0 Å². The number of hydrogen-bond acceptors (Lipinski definition) is 4. The molecule has 3 rings (SSSR count). The molecule has 0 bridgehead atoms. The van der Waals surface area contributed by atoms with Crippen LogP contribution in [-0.4, -0.2) is 27.1 Å². The zero-order valence-corrected chi connectivity index (χ0v) is 13.6. The number of thioether (sulfide) groups is 1. The Morgan fingerprint density at radius 3 is 2.48 bits per heavy atom. The second kappa shape index (κ2) is 6.90. The van der Waals surface area contributed by atoms with E-state index >= 15 is 0 Å². The first-order valence-corrected chi connectivity index (χ1v) is 8.09. The minimum atomic E-state index is -1.11. The maximum atomic E-state index is 13.0. The van der Waals surface area contributed by atoms with E-state index in [9.17, 15) is 23.9 Å². The largest absolute Gasteiger partial charge is 0.478 e. The molecule has 0 aromatic heterocycles. The van der Waals surface area contributed by atoms with Crippen molar-refractivity contribution in [2.24, 2.45) is 0 Å². The summed E-state index contributed by atoms with van der Waals surface area (Å²) in [5.41, 5.74) is 1.02. The number of carboxylic acids is 1. The molecule has 5 nitrogen and oxygen atoms in total. The topological polar surface area (TPSA) is 74.7 Å². The summed E-state index contributed by atoms with van der Waals surface area (Å²) in [6.07, 6.45) is 1.40. The fraction of sp³-hybridized carbons (Fsp3) is 0.0556. The number of rotatable bonds is 4. The predicted molar refractivity (Wildman–Crippen MR) is 91.3 cm³/mol. The number of carbonyl (C=O) groups is 3. The van der Waals surface area contributed by atoms with Gasteiger partial charge in [0.1, 0.15) is 5.82 Å². The Bertz CT molecular complexity index is 892. The van der Waals surface area contributed by atoms with E-state index < -0.39 is 22.9 Å². The Balaban J connectivity index is 1.86. The van der Waals surface area contributed by atoms with E-state index in [2.05, 4.69) is 0 Å². The number of carboxylic acid groups (broad SMARTS) is 1. The summed E-state index contributed by atoms with van der Waals surface area (Å²) in [7, 11) is 0. The van der Waals surface area contributed by atoms with Crippen LogP contribution in [0, 0.1) is 5.82 Å². The molecule has 2 amide bonds. The number of carbonyl (C=O) groups excluding carboxylic acids is 2. The maximum absolute atomic E-state index is 13.0. The highest BCUT2D eigenvalue weighted by Crippen LogP contribution is 2.33. The molecule has 25 heavy (non-hydrogen) atoms. The molecule has 1 saturated heterocycles. The van der Waals surface area contributed by atoms with Crippen LogP contribution in [0.5, 0.6) is 0 Å². The van der Waals surface area contributed by atoms with Crippen molar-refractivity contribution in [3.63, 3.8) is 0 Å². The first-order valence-electron chi connectivity index (χ1n) is 7.28. The first-order chi connectivity index (χ1) is 12.0. The molecule has 0 spiro atoms. The summed E-state index contributed by atoms with van der Waals surface area (Å²) >= 11 is 0.751. The molecule has 0 atom stereocenters. The summed E-state index contributed by atoms with van der Waals surface area (Å²) in [6, 6.07) is 11.8. The molecule has 126 valence electrons. The van der Waals surface area contributed by atoms with E-state index in [0.717, 1.165) is 16.7 Å². The Hall–Kier alpha value is -2.93. The molecule has 0 radical (unpaired) electrons. The molecule has 1 aliphatic rings. The number of imide groups is 1. The number of halogens is 1. The van der Waals surface area contributed by atoms with Gasteiger partial charge in [-0.25, -0.2) is 9.18 Å². The third-order valence-corrected chi connectivity index (χ3v) is 4.51. The second-order valence-corrected chi connectivity index (χ2v) is 6.28. The third-order valence-electron chi connectivity index (χ3n) is 3.61. The summed E-state index contributed by atoms with van der Waals surface area (Å²) in [5, 5.41) is 8.75. The van der Waals surface area contributed by atoms with Gasteiger partial charge in [0.2, 0.25) is 0 Å². The van der Waals surface area contributed by atoms with Crippen molar-refractivity contribution in [2.75, 3.05) is 0 Å². The van der Waals surface area contributed by atoms with Crippen molar-refractivity contribution in [3.05, 3.63) is 75.9 Å². The molecule has 0 saturated carbocycles. The lowest BCUT2D eigenvalue weighted by molar-refractivity contribution is -0.123. The molecular formula is C18H12FNO4S. The van der Waals surface area contributed by atoms with Gasteiger partial charge in [0.15, 0.2) is 0 Å². The molecule has 2 aromatic rings. The number of nitrogens with zero attached hydrogens (tertiary/aromatic N) is 1. The number of hydrogen-bond donors (Lipinski definition) is 1. The lowest BCUT2D eigenvalue weighted by Gasteiger charge is -2.12. The average molecular weight is 357 g/mol. The predicted octanol–water partition coefficient (Wildman–Crippen LogP) is 3.76. The van der Waals surface area contributed by atoms with E-state index in [-0.39, 0.29) is 17.0 Å². The minimum Gasteiger partial charge on any atom is -0.478 e. The van der Waals surface area contributed by atoms with E-state index in [1.807, 2.05) is 0 Å². The quantitative estimate of drug-likeness (QED) is 0.844. The molecule has 0 unspecified atom stereocenters. The first kappa shape index (κ1) is 16.9. The van der Waals surface area contributed by atoms with Crippen LogP contribution in [0.4, 0.5) is 9.18 Å². The zero-order valence-electron chi connectivity index (χ0n) is 12.8. The van der Waals surface area contributed by atoms with Gasteiger partial charge in [0.05, 0.1) is 17.0 Å². The molecule has 7 heteroatoms. The normalized spacial score (nSPS) is 15.9. The van der Waals surface area contributed by atoms with Crippen molar-refractivity contribution in [2.45, 2.75) is 6.54 Å². The van der Waals surface area contributed by atoms with Gasteiger partial charge in [-0.3, -0.25) is 14.5 Å². The molecule has 1 heterocycles. The van der Waals surface area contributed by atoms with Crippen LogP contribution in [0.3, 0.4) is 0 Å². The third kappa shape index (κ3) is 3.61. The van der Waals surface area contributed by atoms with Gasteiger partial charge in [0, 0.05) is 0 Å². The van der Waals surface area contributed by atoms with Crippen LogP contribution >= 0.6 is 11.8 Å². The molecule has 2 aromatic carbocycles. The lowest BCUT2D eigenvalue weighted by Crippen LogP contribution is -2.27. The van der Waals surface area contributed by atoms with Gasteiger partial charge in [0.25, 0.3) is 11.1 Å². The van der Waals surface area contributed by atoms with Crippen LogP contribution in [0.25, 0.3) is 6.08 Å². The Kier molecular flexibility index (Phi) is 4.67. The smallest absolute Gasteiger partial charge is 0.336 e. The lowest BCUT2D eigenvalue weighted by atomic mass is 10.1. The van der Waals surface area contributed by atoms with E-state index in [4.69, 9.17) is 0 Å².